The molecule has 21 heavy (non-hydrogen) atoms. The van der Waals surface area contributed by atoms with Crippen LogP contribution in [0.5, 0.6) is 5.75 Å². The highest BCUT2D eigenvalue weighted by molar-refractivity contribution is 5.78. The summed E-state index contributed by atoms with van der Waals surface area (Å²) in [5.74, 6) is 0.00762. The fourth-order valence-corrected chi connectivity index (χ4v) is 3.15. The van der Waals surface area contributed by atoms with Crippen LogP contribution >= 0.6 is 0 Å². The third-order valence-electron chi connectivity index (χ3n) is 4.50. The van der Waals surface area contributed by atoms with Gasteiger partial charge in [0.2, 0.25) is 0 Å². The van der Waals surface area contributed by atoms with Crippen LogP contribution in [0.4, 0.5) is 4.39 Å². The number of carbonyl (C=O) groups excluding carboxylic acids is 1. The average Bonchev–Trinajstić information content (AvgIpc) is 2.89. The van der Waals surface area contributed by atoms with Crippen LogP contribution in [0.15, 0.2) is 24.3 Å². The average molecular weight is 293 g/mol. The Morgan fingerprint density at radius 1 is 1.33 bits per heavy atom. The summed E-state index contributed by atoms with van der Waals surface area (Å²) in [7, 11) is 0. The van der Waals surface area contributed by atoms with Crippen LogP contribution in [0.3, 0.4) is 0 Å². The van der Waals surface area contributed by atoms with Crippen LogP contribution < -0.4 is 4.74 Å². The van der Waals surface area contributed by atoms with Crippen molar-refractivity contribution in [2.24, 2.45) is 5.41 Å². The molecule has 114 valence electrons. The smallest absolute Gasteiger partial charge is 0.260 e. The minimum absolute atomic E-state index is 0.0253. The van der Waals surface area contributed by atoms with Crippen LogP contribution in [0.1, 0.15) is 19.3 Å². The first-order chi connectivity index (χ1) is 10.2. The second-order valence-corrected chi connectivity index (χ2v) is 5.92. The van der Waals surface area contributed by atoms with Gasteiger partial charge in [-0.3, -0.25) is 4.79 Å². The molecule has 0 aliphatic carbocycles. The second-order valence-electron chi connectivity index (χ2n) is 5.92. The molecule has 2 heterocycles. The van der Waals surface area contributed by atoms with Crippen LogP contribution in [0, 0.1) is 11.2 Å². The van der Waals surface area contributed by atoms with Crippen molar-refractivity contribution in [3.8, 4) is 5.75 Å². The van der Waals surface area contributed by atoms with Crippen molar-refractivity contribution < 1.29 is 18.7 Å². The van der Waals surface area contributed by atoms with Gasteiger partial charge in [0.1, 0.15) is 11.6 Å². The Balaban J connectivity index is 1.52. The normalized spacial score (nSPS) is 20.7. The molecule has 1 aromatic rings. The lowest BCUT2D eigenvalue weighted by atomic mass is 9.80. The van der Waals surface area contributed by atoms with Gasteiger partial charge < -0.3 is 14.4 Å². The zero-order valence-corrected chi connectivity index (χ0v) is 12.0. The molecular formula is C16H20FNO3. The van der Waals surface area contributed by atoms with Crippen molar-refractivity contribution in [2.45, 2.75) is 19.3 Å². The van der Waals surface area contributed by atoms with Crippen LogP contribution in [0.25, 0.3) is 0 Å². The molecule has 2 aliphatic heterocycles. The van der Waals surface area contributed by atoms with Crippen molar-refractivity contribution in [1.29, 1.82) is 0 Å². The van der Waals surface area contributed by atoms with Crippen molar-refractivity contribution in [3.63, 3.8) is 0 Å². The van der Waals surface area contributed by atoms with Gasteiger partial charge in [-0.1, -0.05) is 6.07 Å². The number of amides is 1. The highest BCUT2D eigenvalue weighted by Gasteiger charge is 2.40. The Bertz CT molecular complexity index is 514. The fourth-order valence-electron chi connectivity index (χ4n) is 3.15. The predicted molar refractivity (Wildman–Crippen MR) is 75.6 cm³/mol. The van der Waals surface area contributed by atoms with Gasteiger partial charge in [-0.2, -0.15) is 0 Å². The summed E-state index contributed by atoms with van der Waals surface area (Å²) in [5.41, 5.74) is 0.243. The predicted octanol–water partition coefficient (Wildman–Crippen LogP) is 2.23. The van der Waals surface area contributed by atoms with Gasteiger partial charge in [-0.15, -0.1) is 0 Å². The Labute approximate surface area is 123 Å². The maximum absolute atomic E-state index is 13.0. The molecule has 5 heteroatoms. The molecule has 0 saturated carbocycles. The number of carbonyl (C=O) groups is 1. The zero-order chi connectivity index (χ0) is 14.7. The number of likely N-dealkylation sites (tertiary alicyclic amines) is 1. The minimum Gasteiger partial charge on any atom is -0.484 e. The van der Waals surface area contributed by atoms with Crippen LogP contribution in [-0.2, 0) is 9.53 Å². The van der Waals surface area contributed by atoms with Crippen LogP contribution in [0.2, 0.25) is 0 Å². The molecule has 0 bridgehead atoms. The quantitative estimate of drug-likeness (QED) is 0.858. The van der Waals surface area contributed by atoms with Gasteiger partial charge in [-0.05, 0) is 36.8 Å². The Morgan fingerprint density at radius 2 is 2.14 bits per heavy atom. The first kappa shape index (κ1) is 14.3. The molecule has 2 aliphatic rings. The van der Waals surface area contributed by atoms with E-state index >= 15 is 0 Å². The van der Waals surface area contributed by atoms with Crippen molar-refractivity contribution >= 4 is 5.91 Å². The lowest BCUT2D eigenvalue weighted by Crippen LogP contribution is -2.37. The van der Waals surface area contributed by atoms with Gasteiger partial charge in [0.05, 0.1) is 0 Å². The summed E-state index contributed by atoms with van der Waals surface area (Å²) >= 11 is 0. The third kappa shape index (κ3) is 3.35. The van der Waals surface area contributed by atoms with E-state index < -0.39 is 0 Å². The van der Waals surface area contributed by atoms with Crippen molar-refractivity contribution in [1.82, 2.24) is 4.90 Å². The second kappa shape index (κ2) is 6.02. The molecule has 1 spiro atoms. The fraction of sp³-hybridized carbons (Fsp3) is 0.562. The monoisotopic (exact) mass is 293 g/mol. The Kier molecular flexibility index (Phi) is 4.10. The van der Waals surface area contributed by atoms with Gasteiger partial charge in [0.15, 0.2) is 6.61 Å². The number of ether oxygens (including phenoxy) is 2. The minimum atomic E-state index is -0.359. The standard InChI is InChI=1S/C16H20FNO3/c17-13-2-1-3-14(10-13)21-11-15(19)18-7-4-16(12-18)5-8-20-9-6-16/h1-3,10H,4-9,11-12H2. The van der Waals surface area contributed by atoms with E-state index in [4.69, 9.17) is 9.47 Å². The summed E-state index contributed by atoms with van der Waals surface area (Å²) in [5, 5.41) is 0. The molecule has 0 unspecified atom stereocenters. The van der Waals surface area contributed by atoms with E-state index in [2.05, 4.69) is 0 Å². The van der Waals surface area contributed by atoms with Gasteiger partial charge in [0.25, 0.3) is 5.91 Å². The summed E-state index contributed by atoms with van der Waals surface area (Å²) in [6.07, 6.45) is 3.10. The van der Waals surface area contributed by atoms with E-state index in [0.717, 1.165) is 45.6 Å². The highest BCUT2D eigenvalue weighted by Crippen LogP contribution is 2.39. The molecule has 2 saturated heterocycles. The molecule has 0 N–H and O–H groups in total. The van der Waals surface area contributed by atoms with E-state index in [0.29, 0.717) is 5.75 Å². The molecule has 1 aromatic carbocycles. The number of halogens is 1. The highest BCUT2D eigenvalue weighted by atomic mass is 19.1. The van der Waals surface area contributed by atoms with Crippen molar-refractivity contribution in [3.05, 3.63) is 30.1 Å². The molecule has 0 radical (unpaired) electrons. The third-order valence-corrected chi connectivity index (χ3v) is 4.50. The molecule has 0 atom stereocenters. The molecule has 0 aromatic heterocycles. The number of rotatable bonds is 3. The molecule has 3 rings (SSSR count). The number of benzene rings is 1. The summed E-state index contributed by atoms with van der Waals surface area (Å²) < 4.78 is 23.8. The van der Waals surface area contributed by atoms with E-state index in [1.165, 1.54) is 12.1 Å². The van der Waals surface area contributed by atoms with E-state index in [1.54, 1.807) is 12.1 Å². The summed E-state index contributed by atoms with van der Waals surface area (Å²) in [6, 6.07) is 5.86. The number of hydrogen-bond acceptors (Lipinski definition) is 3. The van der Waals surface area contributed by atoms with Crippen molar-refractivity contribution in [2.75, 3.05) is 32.9 Å². The van der Waals surface area contributed by atoms with Crippen LogP contribution in [-0.4, -0.2) is 43.7 Å². The maximum atomic E-state index is 13.0. The van der Waals surface area contributed by atoms with E-state index in [9.17, 15) is 9.18 Å². The first-order valence-electron chi connectivity index (χ1n) is 7.41. The topological polar surface area (TPSA) is 38.8 Å². The Hall–Kier alpha value is -1.62. The SMILES string of the molecule is O=C(COc1cccc(F)c1)N1CCC2(CCOCC2)C1. The lowest BCUT2D eigenvalue weighted by molar-refractivity contribution is -0.133. The molecular weight excluding hydrogens is 273 g/mol. The molecule has 4 nitrogen and oxygen atoms in total. The number of nitrogens with zero attached hydrogens (tertiary/aromatic N) is 1. The first-order valence-corrected chi connectivity index (χ1v) is 7.41. The maximum Gasteiger partial charge on any atom is 0.260 e. The summed E-state index contributed by atoms with van der Waals surface area (Å²) in [6.45, 7) is 3.13. The molecule has 2 fully saturated rings. The summed E-state index contributed by atoms with van der Waals surface area (Å²) in [4.78, 5) is 14.1. The van der Waals surface area contributed by atoms with E-state index in [1.807, 2.05) is 4.90 Å². The zero-order valence-electron chi connectivity index (χ0n) is 12.0. The van der Waals surface area contributed by atoms with Gasteiger partial charge in [0, 0.05) is 32.4 Å². The lowest BCUT2D eigenvalue weighted by Gasteiger charge is -2.33. The molecule has 1 amide bonds. The largest absolute Gasteiger partial charge is 0.484 e. The van der Waals surface area contributed by atoms with Gasteiger partial charge in [-0.25, -0.2) is 4.39 Å². The number of hydrogen-bond donors (Lipinski definition) is 0. The Morgan fingerprint density at radius 3 is 2.90 bits per heavy atom. The van der Waals surface area contributed by atoms with Gasteiger partial charge >= 0.3 is 0 Å². The van der Waals surface area contributed by atoms with E-state index in [-0.39, 0.29) is 23.7 Å².